The number of nitrogens with two attached hydrogens (primary N) is 2. The van der Waals surface area contributed by atoms with E-state index >= 15 is 0 Å². The highest BCUT2D eigenvalue weighted by Gasteiger charge is 2.14. The highest BCUT2D eigenvalue weighted by molar-refractivity contribution is 6.31. The Bertz CT molecular complexity index is 1020. The first-order valence-corrected chi connectivity index (χ1v) is 7.86. The van der Waals surface area contributed by atoms with E-state index in [1.807, 2.05) is 6.07 Å². The summed E-state index contributed by atoms with van der Waals surface area (Å²) in [6.07, 6.45) is 0. The van der Waals surface area contributed by atoms with Crippen LogP contribution in [0.25, 0.3) is 11.3 Å². The van der Waals surface area contributed by atoms with Crippen molar-refractivity contribution in [1.82, 2.24) is 9.97 Å². The Morgan fingerprint density at radius 2 is 1.96 bits per heavy atom. The molecule has 0 atom stereocenters. The molecule has 3 aromatic rings. The van der Waals surface area contributed by atoms with Crippen LogP contribution in [0.3, 0.4) is 0 Å². The fourth-order valence-electron chi connectivity index (χ4n) is 2.35. The van der Waals surface area contributed by atoms with E-state index in [1.54, 1.807) is 30.3 Å². The van der Waals surface area contributed by atoms with Crippen molar-refractivity contribution in [3.63, 3.8) is 0 Å². The average molecular weight is 370 g/mol. The van der Waals surface area contributed by atoms with Gasteiger partial charge in [0.25, 0.3) is 0 Å². The molecule has 0 fully saturated rings. The van der Waals surface area contributed by atoms with E-state index in [2.05, 4.69) is 9.97 Å². The largest absolute Gasteiger partial charge is 0.489 e. The topological polar surface area (TPSA) is 111 Å². The van der Waals surface area contributed by atoms with E-state index in [0.29, 0.717) is 22.6 Å². The third-order valence-electron chi connectivity index (χ3n) is 3.58. The van der Waals surface area contributed by atoms with Crippen molar-refractivity contribution in [2.75, 3.05) is 11.5 Å². The normalized spacial score (nSPS) is 10.3. The quantitative estimate of drug-likeness (QED) is 0.727. The summed E-state index contributed by atoms with van der Waals surface area (Å²) in [5, 5.41) is 9.58. The smallest absolute Gasteiger partial charge is 0.222 e. The van der Waals surface area contributed by atoms with Crippen molar-refractivity contribution in [3.05, 3.63) is 64.4 Å². The number of ether oxygens (including phenoxy) is 1. The summed E-state index contributed by atoms with van der Waals surface area (Å²) in [7, 11) is 0. The van der Waals surface area contributed by atoms with Gasteiger partial charge in [0.2, 0.25) is 5.95 Å². The second-order valence-electron chi connectivity index (χ2n) is 5.35. The van der Waals surface area contributed by atoms with Gasteiger partial charge in [0.05, 0.1) is 10.7 Å². The van der Waals surface area contributed by atoms with Crippen LogP contribution in [0.1, 0.15) is 11.1 Å². The molecule has 1 heterocycles. The highest BCUT2D eigenvalue weighted by atomic mass is 35.5. The molecular weight excluding hydrogens is 357 g/mol. The third kappa shape index (κ3) is 3.66. The minimum absolute atomic E-state index is 0.0133. The molecular formula is C18H13ClFN5O. The van der Waals surface area contributed by atoms with Crippen LogP contribution >= 0.6 is 11.6 Å². The van der Waals surface area contributed by atoms with E-state index in [9.17, 15) is 9.65 Å². The zero-order valence-electron chi connectivity index (χ0n) is 13.4. The lowest BCUT2D eigenvalue weighted by molar-refractivity contribution is 0.306. The van der Waals surface area contributed by atoms with Crippen LogP contribution in [0.2, 0.25) is 5.02 Å². The summed E-state index contributed by atoms with van der Waals surface area (Å²) in [5.74, 6) is 0.0894. The number of rotatable bonds is 4. The molecule has 8 heteroatoms. The average Bonchev–Trinajstić information content (AvgIpc) is 2.60. The maximum Gasteiger partial charge on any atom is 0.222 e. The highest BCUT2D eigenvalue weighted by Crippen LogP contribution is 2.28. The summed E-state index contributed by atoms with van der Waals surface area (Å²) >= 11 is 6.00. The van der Waals surface area contributed by atoms with Crippen molar-refractivity contribution in [2.45, 2.75) is 6.61 Å². The molecule has 0 unspecified atom stereocenters. The van der Waals surface area contributed by atoms with Gasteiger partial charge in [-0.15, -0.1) is 0 Å². The summed E-state index contributed by atoms with van der Waals surface area (Å²) in [6, 6.07) is 13.0. The Kier molecular flexibility index (Phi) is 4.87. The molecule has 130 valence electrons. The van der Waals surface area contributed by atoms with Crippen molar-refractivity contribution in [3.8, 4) is 23.1 Å². The van der Waals surface area contributed by atoms with Crippen LogP contribution in [0.5, 0.6) is 5.75 Å². The molecule has 0 radical (unpaired) electrons. The second-order valence-corrected chi connectivity index (χ2v) is 5.76. The first kappa shape index (κ1) is 17.5. The number of halogens is 2. The fraction of sp³-hybridized carbons (Fsp3) is 0.0556. The Balaban J connectivity index is 1.89. The maximum atomic E-state index is 13.1. The van der Waals surface area contributed by atoms with Gasteiger partial charge in [-0.2, -0.15) is 10.2 Å². The Hall–Kier alpha value is -3.37. The number of aromatic nitrogens is 2. The predicted octanol–water partition coefficient (Wildman–Crippen LogP) is 3.55. The standard InChI is InChI=1S/C18H13ClFN5O/c19-15-7-12(20)5-4-11(15)9-26-13-3-1-2-10(6-13)16-14(8-21)17(22)25-18(23)24-16/h1-7H,9H2,(H4,22,23,24,25). The van der Waals surface area contributed by atoms with Crippen LogP contribution in [-0.4, -0.2) is 9.97 Å². The number of anilines is 2. The minimum Gasteiger partial charge on any atom is -0.489 e. The summed E-state index contributed by atoms with van der Waals surface area (Å²) < 4.78 is 18.8. The van der Waals surface area contributed by atoms with Crippen LogP contribution < -0.4 is 16.2 Å². The van der Waals surface area contributed by atoms with Gasteiger partial charge in [-0.05, 0) is 24.3 Å². The molecule has 0 aliphatic rings. The number of nitrogen functional groups attached to an aromatic ring is 2. The number of nitriles is 1. The van der Waals surface area contributed by atoms with Crippen molar-refractivity contribution < 1.29 is 9.13 Å². The maximum absolute atomic E-state index is 13.1. The van der Waals surface area contributed by atoms with Crippen LogP contribution in [-0.2, 0) is 6.61 Å². The van der Waals surface area contributed by atoms with Gasteiger partial charge in [-0.25, -0.2) is 9.37 Å². The number of hydrogen-bond donors (Lipinski definition) is 2. The van der Waals surface area contributed by atoms with Crippen LogP contribution in [0, 0.1) is 17.1 Å². The first-order chi connectivity index (χ1) is 12.5. The second kappa shape index (κ2) is 7.25. The molecule has 0 bridgehead atoms. The van der Waals surface area contributed by atoms with E-state index in [-0.39, 0.29) is 29.0 Å². The van der Waals surface area contributed by atoms with Gasteiger partial charge >= 0.3 is 0 Å². The zero-order chi connectivity index (χ0) is 18.7. The number of nitrogens with zero attached hydrogens (tertiary/aromatic N) is 3. The molecule has 26 heavy (non-hydrogen) atoms. The molecule has 1 aromatic heterocycles. The van der Waals surface area contributed by atoms with Gasteiger partial charge in [-0.1, -0.05) is 29.8 Å². The van der Waals surface area contributed by atoms with Gasteiger partial charge in [-0.3, -0.25) is 0 Å². The molecule has 6 nitrogen and oxygen atoms in total. The van der Waals surface area contributed by atoms with Crippen molar-refractivity contribution >= 4 is 23.4 Å². The predicted molar refractivity (Wildman–Crippen MR) is 96.7 cm³/mol. The first-order valence-electron chi connectivity index (χ1n) is 7.48. The van der Waals surface area contributed by atoms with E-state index < -0.39 is 5.82 Å². The molecule has 0 amide bonds. The van der Waals surface area contributed by atoms with Gasteiger partial charge in [0.1, 0.15) is 35.6 Å². The van der Waals surface area contributed by atoms with Crippen LogP contribution in [0.4, 0.5) is 16.2 Å². The Labute approximate surface area is 153 Å². The molecule has 4 N–H and O–H groups in total. The van der Waals surface area contributed by atoms with E-state index in [0.717, 1.165) is 0 Å². The van der Waals surface area contributed by atoms with Gasteiger partial charge in [0, 0.05) is 11.1 Å². The van der Waals surface area contributed by atoms with Crippen molar-refractivity contribution in [1.29, 1.82) is 5.26 Å². The SMILES string of the molecule is N#Cc1c(N)nc(N)nc1-c1cccc(OCc2ccc(F)cc2Cl)c1. The molecule has 2 aromatic carbocycles. The third-order valence-corrected chi connectivity index (χ3v) is 3.93. The zero-order valence-corrected chi connectivity index (χ0v) is 14.2. The molecule has 0 aliphatic carbocycles. The van der Waals surface area contributed by atoms with E-state index in [4.69, 9.17) is 27.8 Å². The molecule has 0 spiro atoms. The lowest BCUT2D eigenvalue weighted by Crippen LogP contribution is -2.05. The van der Waals surface area contributed by atoms with E-state index in [1.165, 1.54) is 12.1 Å². The lowest BCUT2D eigenvalue weighted by Gasteiger charge is -2.10. The molecule has 3 rings (SSSR count). The number of benzene rings is 2. The molecule has 0 saturated carbocycles. The lowest BCUT2D eigenvalue weighted by atomic mass is 10.1. The monoisotopic (exact) mass is 369 g/mol. The Morgan fingerprint density at radius 1 is 1.15 bits per heavy atom. The van der Waals surface area contributed by atoms with Gasteiger partial charge < -0.3 is 16.2 Å². The summed E-state index contributed by atoms with van der Waals surface area (Å²) in [6.45, 7) is 0.154. The molecule has 0 saturated heterocycles. The molecule has 0 aliphatic heterocycles. The fourth-order valence-corrected chi connectivity index (χ4v) is 2.57. The van der Waals surface area contributed by atoms with Crippen LogP contribution in [0.15, 0.2) is 42.5 Å². The van der Waals surface area contributed by atoms with Gasteiger partial charge in [0.15, 0.2) is 0 Å². The Morgan fingerprint density at radius 3 is 2.69 bits per heavy atom. The number of hydrogen-bond acceptors (Lipinski definition) is 6. The minimum atomic E-state index is -0.413. The summed E-state index contributed by atoms with van der Waals surface area (Å²) in [4.78, 5) is 7.90. The van der Waals surface area contributed by atoms with Crippen molar-refractivity contribution in [2.24, 2.45) is 0 Å². The summed E-state index contributed by atoms with van der Waals surface area (Å²) in [5.41, 5.74) is 13.1.